The van der Waals surface area contributed by atoms with E-state index in [4.69, 9.17) is 4.74 Å². The molecule has 8 heteroatoms. The number of nitrogens with zero attached hydrogens (tertiary/aromatic N) is 1. The summed E-state index contributed by atoms with van der Waals surface area (Å²) < 4.78 is 32.6. The highest BCUT2D eigenvalue weighted by atomic mass is 32.2. The minimum atomic E-state index is -3.69. The van der Waals surface area contributed by atoms with Gasteiger partial charge in [0.25, 0.3) is 0 Å². The lowest BCUT2D eigenvalue weighted by molar-refractivity contribution is -0.114. The van der Waals surface area contributed by atoms with E-state index in [0.717, 1.165) is 12.8 Å². The van der Waals surface area contributed by atoms with Gasteiger partial charge in [-0.1, -0.05) is 0 Å². The van der Waals surface area contributed by atoms with Crippen LogP contribution in [0.2, 0.25) is 0 Å². The molecule has 1 fully saturated rings. The van der Waals surface area contributed by atoms with Crippen LogP contribution in [0.5, 0.6) is 5.75 Å². The Morgan fingerprint density at radius 3 is 2.74 bits per heavy atom. The third-order valence-corrected chi connectivity index (χ3v) is 5.78. The number of carbonyl (C=O) groups is 1. The van der Waals surface area contributed by atoms with Gasteiger partial charge in [-0.3, -0.25) is 4.79 Å². The number of ether oxygens (including phenoxy) is 1. The standard InChI is InChI=1S/C15H23N3O4S/c1-11(19)17-12-6-7-14(22-3)15(9-12)23(20,21)18-8-4-5-13(10-18)16-2/h6-7,9,13,16H,4-5,8,10H2,1-3H3,(H,17,19). The quantitative estimate of drug-likeness (QED) is 0.835. The van der Waals surface area contributed by atoms with Crippen molar-refractivity contribution in [2.24, 2.45) is 0 Å². The van der Waals surface area contributed by atoms with Gasteiger partial charge in [-0.2, -0.15) is 4.31 Å². The van der Waals surface area contributed by atoms with E-state index in [0.29, 0.717) is 18.8 Å². The van der Waals surface area contributed by atoms with Gasteiger partial charge in [0.15, 0.2) is 0 Å². The zero-order valence-corrected chi connectivity index (χ0v) is 14.4. The van der Waals surface area contributed by atoms with E-state index in [1.165, 1.54) is 24.4 Å². The maximum atomic E-state index is 13.0. The maximum absolute atomic E-state index is 13.0. The summed E-state index contributed by atoms with van der Waals surface area (Å²) in [6.07, 6.45) is 1.75. The molecule has 0 aliphatic carbocycles. The van der Waals surface area contributed by atoms with Crippen LogP contribution in [0, 0.1) is 0 Å². The summed E-state index contributed by atoms with van der Waals surface area (Å²) in [5, 5.41) is 5.73. The van der Waals surface area contributed by atoms with Crippen LogP contribution in [-0.4, -0.2) is 51.9 Å². The van der Waals surface area contributed by atoms with Crippen LogP contribution in [0.25, 0.3) is 0 Å². The number of anilines is 1. The molecule has 1 unspecified atom stereocenters. The maximum Gasteiger partial charge on any atom is 0.246 e. The summed E-state index contributed by atoms with van der Waals surface area (Å²) in [6.45, 7) is 2.28. The Balaban J connectivity index is 2.38. The van der Waals surface area contributed by atoms with Crippen molar-refractivity contribution in [1.29, 1.82) is 0 Å². The molecule has 1 amide bonds. The van der Waals surface area contributed by atoms with Gasteiger partial charge in [0, 0.05) is 31.7 Å². The second kappa shape index (κ2) is 7.29. The molecule has 2 N–H and O–H groups in total. The number of hydrogen-bond donors (Lipinski definition) is 2. The first-order valence-electron chi connectivity index (χ1n) is 7.51. The van der Waals surface area contributed by atoms with Crippen molar-refractivity contribution in [1.82, 2.24) is 9.62 Å². The fourth-order valence-electron chi connectivity index (χ4n) is 2.69. The largest absolute Gasteiger partial charge is 0.495 e. The van der Waals surface area contributed by atoms with Crippen molar-refractivity contribution in [3.63, 3.8) is 0 Å². The second-order valence-electron chi connectivity index (χ2n) is 5.54. The lowest BCUT2D eigenvalue weighted by Gasteiger charge is -2.32. The van der Waals surface area contributed by atoms with Crippen LogP contribution >= 0.6 is 0 Å². The fourth-order valence-corrected chi connectivity index (χ4v) is 4.40. The fraction of sp³-hybridized carbons (Fsp3) is 0.533. The molecule has 23 heavy (non-hydrogen) atoms. The average Bonchev–Trinajstić information content (AvgIpc) is 2.54. The topological polar surface area (TPSA) is 87.7 Å². The van der Waals surface area contributed by atoms with Gasteiger partial charge < -0.3 is 15.4 Å². The minimum Gasteiger partial charge on any atom is -0.495 e. The van der Waals surface area contributed by atoms with Crippen molar-refractivity contribution in [2.45, 2.75) is 30.7 Å². The Morgan fingerprint density at radius 2 is 2.13 bits per heavy atom. The molecule has 1 heterocycles. The third kappa shape index (κ3) is 4.01. The molecule has 1 aliphatic heterocycles. The zero-order chi connectivity index (χ0) is 17.0. The van der Waals surface area contributed by atoms with Crippen molar-refractivity contribution in [3.8, 4) is 5.75 Å². The van der Waals surface area contributed by atoms with E-state index in [2.05, 4.69) is 10.6 Å². The van der Waals surface area contributed by atoms with Gasteiger partial charge in [0.2, 0.25) is 15.9 Å². The lowest BCUT2D eigenvalue weighted by Crippen LogP contribution is -2.46. The van der Waals surface area contributed by atoms with Crippen molar-refractivity contribution in [3.05, 3.63) is 18.2 Å². The summed E-state index contributed by atoms with van der Waals surface area (Å²) in [5.74, 6) is 0.0115. The Kier molecular flexibility index (Phi) is 5.61. The number of amides is 1. The van der Waals surface area contributed by atoms with Crippen molar-refractivity contribution >= 4 is 21.6 Å². The molecule has 0 spiro atoms. The van der Waals surface area contributed by atoms with Gasteiger partial charge in [-0.25, -0.2) is 8.42 Å². The third-order valence-electron chi connectivity index (χ3n) is 3.89. The molecule has 1 atom stereocenters. The van der Waals surface area contributed by atoms with E-state index >= 15 is 0 Å². The molecule has 2 rings (SSSR count). The first kappa shape index (κ1) is 17.7. The van der Waals surface area contributed by atoms with Crippen LogP contribution in [-0.2, 0) is 14.8 Å². The van der Waals surface area contributed by atoms with Crippen LogP contribution in [0.15, 0.2) is 23.1 Å². The summed E-state index contributed by atoms with van der Waals surface area (Å²) in [6, 6.07) is 4.75. The van der Waals surface area contributed by atoms with Gasteiger partial charge in [0.05, 0.1) is 7.11 Å². The molecule has 0 aromatic heterocycles. The summed E-state index contributed by atoms with van der Waals surface area (Å²) in [4.78, 5) is 11.3. The highest BCUT2D eigenvalue weighted by Gasteiger charge is 2.32. The first-order chi connectivity index (χ1) is 10.9. The van der Waals surface area contributed by atoms with Crippen LogP contribution in [0.3, 0.4) is 0 Å². The molecule has 0 bridgehead atoms. The summed E-state index contributed by atoms with van der Waals surface area (Å²) in [5.41, 5.74) is 0.430. The Labute approximate surface area is 137 Å². The van der Waals surface area contributed by atoms with E-state index in [1.807, 2.05) is 7.05 Å². The summed E-state index contributed by atoms with van der Waals surface area (Å²) >= 11 is 0. The molecule has 1 aromatic rings. The molecule has 0 saturated carbocycles. The SMILES string of the molecule is CNC1CCCN(S(=O)(=O)c2cc(NC(C)=O)ccc2OC)C1. The van der Waals surface area contributed by atoms with Gasteiger partial charge in [-0.15, -0.1) is 0 Å². The molecular formula is C15H23N3O4S. The number of rotatable bonds is 5. The Morgan fingerprint density at radius 1 is 1.39 bits per heavy atom. The smallest absolute Gasteiger partial charge is 0.246 e. The predicted octanol–water partition coefficient (Wildman–Crippen LogP) is 1.03. The van der Waals surface area contributed by atoms with Crippen LogP contribution in [0.1, 0.15) is 19.8 Å². The highest BCUT2D eigenvalue weighted by Crippen LogP contribution is 2.31. The predicted molar refractivity (Wildman–Crippen MR) is 88.1 cm³/mol. The molecule has 0 radical (unpaired) electrons. The van der Waals surface area contributed by atoms with Gasteiger partial charge >= 0.3 is 0 Å². The van der Waals surface area contributed by atoms with Crippen molar-refractivity contribution < 1.29 is 17.9 Å². The monoisotopic (exact) mass is 341 g/mol. The number of benzene rings is 1. The molecule has 7 nitrogen and oxygen atoms in total. The number of hydrogen-bond acceptors (Lipinski definition) is 5. The molecule has 1 aromatic carbocycles. The average molecular weight is 341 g/mol. The van der Waals surface area contributed by atoms with Crippen LogP contribution < -0.4 is 15.4 Å². The number of piperidine rings is 1. The molecular weight excluding hydrogens is 318 g/mol. The summed E-state index contributed by atoms with van der Waals surface area (Å²) in [7, 11) is -0.427. The second-order valence-corrected chi connectivity index (χ2v) is 7.44. The van der Waals surface area contributed by atoms with E-state index < -0.39 is 10.0 Å². The molecule has 1 aliphatic rings. The number of likely N-dealkylation sites (N-methyl/N-ethyl adjacent to an activating group) is 1. The molecule has 1 saturated heterocycles. The van der Waals surface area contributed by atoms with E-state index in [-0.39, 0.29) is 22.6 Å². The van der Waals surface area contributed by atoms with E-state index in [9.17, 15) is 13.2 Å². The Hall–Kier alpha value is -1.64. The van der Waals surface area contributed by atoms with Crippen molar-refractivity contribution in [2.75, 3.05) is 32.6 Å². The van der Waals surface area contributed by atoms with Crippen LogP contribution in [0.4, 0.5) is 5.69 Å². The zero-order valence-electron chi connectivity index (χ0n) is 13.6. The lowest BCUT2D eigenvalue weighted by atomic mass is 10.1. The molecule has 128 valence electrons. The van der Waals surface area contributed by atoms with E-state index in [1.54, 1.807) is 12.1 Å². The Bertz CT molecular complexity index is 675. The number of methoxy groups -OCH3 is 1. The highest BCUT2D eigenvalue weighted by molar-refractivity contribution is 7.89. The minimum absolute atomic E-state index is 0.0722. The normalized spacial score (nSPS) is 19.3. The van der Waals surface area contributed by atoms with Gasteiger partial charge in [0.1, 0.15) is 10.6 Å². The number of carbonyl (C=O) groups excluding carboxylic acids is 1. The number of sulfonamides is 1. The number of nitrogens with one attached hydrogen (secondary N) is 2. The van der Waals surface area contributed by atoms with Gasteiger partial charge in [-0.05, 0) is 38.1 Å². The first-order valence-corrected chi connectivity index (χ1v) is 8.95.